The standard InChI is InChI=1S/C72H110O38/c1-95-42-18-31(6-13-38(42)76)8-16-52(81)98-27-47-57(86)60(89)64(93)69(106-47)101-35-11-4-30(5-12-35)7-15-51(80)99-28-49-59(88)63(92)68(110-72-67(62(91)56(85)46(26-73)105-72)109-53(82)17-9-32-19-43(96-2)55(84)44(20-32)97-3)71(108-49)104-45-24-36-40(102-66(45)33-10-14-37(75)39(77)21-33)22-34(74)23-41(36)103-70-65(94)61(90)58(87)48(107-70)29-100-54(83)25-50(78)79/h7-9,15-17,30-49,55-77,84-94H,4-6,10-14,18-29H2,1-3H3,(H,78,79)/p+1/t30?,31?,32?,33?,34?,35?,36?,37?,38?,39?,40?,41?,42?,43?,44?,45?,46-,47-,48-,49-,55?,56-,57-,58-,59-,60+,61+,62+,63+,64-,65-,66?,67-,68-,69-,70-,71-,72+/m1/s1. The van der Waals surface area contributed by atoms with Gasteiger partial charge >= 0.3 is 29.8 Å². The van der Waals surface area contributed by atoms with Crippen molar-refractivity contribution in [2.75, 3.05) is 47.8 Å². The average molecular weight is 1580 g/mol. The number of hydrogen-bond donors (Lipinski definition) is 17. The van der Waals surface area contributed by atoms with E-state index in [-0.39, 0.29) is 69.3 Å². The topological polar surface area (TPSA) is 581 Å². The zero-order chi connectivity index (χ0) is 79.5. The first-order chi connectivity index (χ1) is 52.4. The molecular weight excluding hydrogens is 1470 g/mol. The number of fused-ring (bicyclic) bond motifs is 1. The fourth-order valence-corrected chi connectivity index (χ4v) is 16.7. The van der Waals surface area contributed by atoms with Gasteiger partial charge in [-0.25, -0.2) is 14.4 Å². The zero-order valence-corrected chi connectivity index (χ0v) is 61.3. The van der Waals surface area contributed by atoms with Crippen molar-refractivity contribution in [3.8, 4) is 0 Å². The molecule has 5 heterocycles. The van der Waals surface area contributed by atoms with Gasteiger partial charge in [0.2, 0.25) is 0 Å². The van der Waals surface area contributed by atoms with E-state index in [4.69, 9.17) is 80.9 Å². The van der Waals surface area contributed by atoms with Gasteiger partial charge in [0.25, 0.3) is 0 Å². The van der Waals surface area contributed by atoms with Crippen molar-refractivity contribution in [1.29, 1.82) is 0 Å². The molecular formula is C72H111O38+. The Kier molecular flexibility index (Phi) is 32.2. The second-order valence-electron chi connectivity index (χ2n) is 30.5. The lowest BCUT2D eigenvalue weighted by Gasteiger charge is -2.51. The summed E-state index contributed by atoms with van der Waals surface area (Å²) in [5.41, 5.74) is 0. The largest absolute Gasteiger partial charge is 0.481 e. The summed E-state index contributed by atoms with van der Waals surface area (Å²) in [4.78, 5) is 63.6. The van der Waals surface area contributed by atoms with Crippen molar-refractivity contribution >= 4 is 29.8 Å². The van der Waals surface area contributed by atoms with E-state index in [1.165, 1.54) is 33.5 Å². The van der Waals surface area contributed by atoms with Crippen LogP contribution in [0.2, 0.25) is 0 Å². The predicted octanol–water partition coefficient (Wildman–Crippen LogP) is -6.16. The lowest BCUT2D eigenvalue weighted by molar-refractivity contribution is -0.390. The molecule has 626 valence electrons. The molecule has 0 aromatic carbocycles. The molecule has 0 bridgehead atoms. The monoisotopic (exact) mass is 1580 g/mol. The molecule has 10 fully saturated rings. The molecule has 38 heteroatoms. The van der Waals surface area contributed by atoms with Crippen molar-refractivity contribution in [3.63, 3.8) is 0 Å². The van der Waals surface area contributed by atoms with E-state index in [9.17, 15) is 106 Å². The summed E-state index contributed by atoms with van der Waals surface area (Å²) in [5, 5.41) is 187. The molecule has 34 atom stereocenters. The number of aliphatic hydroxyl groups excluding tert-OH is 16. The van der Waals surface area contributed by atoms with Gasteiger partial charge in [0.1, 0.15) is 130 Å². The Morgan fingerprint density at radius 2 is 0.900 bits per heavy atom. The van der Waals surface area contributed by atoms with Crippen molar-refractivity contribution in [2.45, 2.75) is 305 Å². The molecule has 5 aliphatic heterocycles. The van der Waals surface area contributed by atoms with Crippen molar-refractivity contribution in [1.82, 2.24) is 0 Å². The van der Waals surface area contributed by atoms with Crippen LogP contribution in [0.15, 0.2) is 36.5 Å². The fourth-order valence-electron chi connectivity index (χ4n) is 16.7. The number of esters is 4. The Balaban J connectivity index is 0.848. The number of rotatable bonds is 28. The highest BCUT2D eigenvalue weighted by Crippen LogP contribution is 2.45. The molecule has 10 rings (SSSR count). The highest BCUT2D eigenvalue weighted by molar-refractivity contribution is 5.90. The van der Waals surface area contributed by atoms with E-state index < -0.39 is 277 Å². The van der Waals surface area contributed by atoms with Crippen LogP contribution in [0.25, 0.3) is 0 Å². The first kappa shape index (κ1) is 87.8. The Morgan fingerprint density at radius 1 is 0.409 bits per heavy atom. The second kappa shape index (κ2) is 40.3. The fraction of sp³-hybridized carbons (Fsp3) is 0.847. The van der Waals surface area contributed by atoms with Crippen molar-refractivity contribution in [3.05, 3.63) is 36.5 Å². The Morgan fingerprint density at radius 3 is 1.49 bits per heavy atom. The number of carbonyl (C=O) groups is 5. The van der Waals surface area contributed by atoms with E-state index in [2.05, 4.69) is 0 Å². The smallest absolute Gasteiger partial charge is 0.330 e. The summed E-state index contributed by atoms with van der Waals surface area (Å²) in [5.74, 6) is -7.69. The second-order valence-corrected chi connectivity index (χ2v) is 30.5. The number of carbonyl (C=O) groups excluding carboxylic acids is 4. The molecule has 0 aromatic rings. The van der Waals surface area contributed by atoms with Gasteiger partial charge in [0, 0.05) is 58.3 Å². The van der Waals surface area contributed by atoms with Crippen LogP contribution in [0.4, 0.5) is 0 Å². The van der Waals surface area contributed by atoms with E-state index in [1.54, 1.807) is 12.2 Å². The van der Waals surface area contributed by atoms with Crippen LogP contribution in [0.1, 0.15) is 103 Å². The zero-order valence-electron chi connectivity index (χ0n) is 61.3. The third-order valence-corrected chi connectivity index (χ3v) is 23.1. The van der Waals surface area contributed by atoms with Gasteiger partial charge in [-0.05, 0) is 101 Å². The van der Waals surface area contributed by atoms with Crippen LogP contribution in [0.3, 0.4) is 0 Å². The predicted molar refractivity (Wildman–Crippen MR) is 363 cm³/mol. The maximum atomic E-state index is 13.8. The van der Waals surface area contributed by atoms with Crippen LogP contribution in [-0.4, -0.2) is 371 Å². The maximum Gasteiger partial charge on any atom is 0.330 e. The van der Waals surface area contributed by atoms with Gasteiger partial charge < -0.3 is 163 Å². The van der Waals surface area contributed by atoms with Crippen LogP contribution < -0.4 is 0 Å². The normalized spacial score (nSPS) is 45.6. The van der Waals surface area contributed by atoms with Crippen LogP contribution in [0, 0.1) is 29.6 Å². The SMILES string of the molecule is COC1CC(C=CC(=O)OC[C@H]2O[C@@H](OC3CCC(C=CC(=O)OC[C@H]4O[C@@H](OC5CC6C(O[C@@H]7O[C@H](COC(=O)CC(=O)O)[C@@H](O)[C@H](O)[C@H]7O)CC(O)CC6[OH+]C5C5CCC(O)C(O)C5)[C@H](O[C@@H]5O[C@H](CO)[C@@H](O)[C@H](O)[C@H]5OC(=O)C=CC5CC(OC)C(O)C(OC)C5)[C@@H](O)[C@@H]4O)CC3)[C@H](O)[C@@H](O)[C@@H]2O)CCC1O. The number of ether oxygens (including phenoxy) is 16. The maximum absolute atomic E-state index is 13.8. The molecule has 10 aliphatic rings. The number of aliphatic carboxylic acids is 1. The van der Waals surface area contributed by atoms with Gasteiger partial charge in [-0.3, -0.25) is 9.59 Å². The van der Waals surface area contributed by atoms with E-state index in [1.807, 2.05) is 0 Å². The first-order valence-electron chi connectivity index (χ1n) is 37.8. The summed E-state index contributed by atoms with van der Waals surface area (Å²) in [6.45, 7) is -3.03. The number of allylic oxidation sites excluding steroid dienone is 3. The quantitative estimate of drug-likeness (QED) is 0.0114. The molecule has 0 aromatic heterocycles. The average Bonchev–Trinajstić information content (AvgIpc) is 0.762. The summed E-state index contributed by atoms with van der Waals surface area (Å²) in [6, 6.07) is 0. The van der Waals surface area contributed by atoms with E-state index in [0.29, 0.717) is 44.9 Å². The van der Waals surface area contributed by atoms with Gasteiger partial charge in [0.05, 0.1) is 67.5 Å². The summed E-state index contributed by atoms with van der Waals surface area (Å²) in [7, 11) is 4.30. The molecule has 38 nitrogen and oxygen atoms in total. The highest BCUT2D eigenvalue weighted by Gasteiger charge is 2.59. The first-order valence-corrected chi connectivity index (χ1v) is 37.8. The van der Waals surface area contributed by atoms with Crippen molar-refractivity contribution < 1.29 is 187 Å². The molecule has 0 amide bonds. The highest BCUT2D eigenvalue weighted by atomic mass is 16.8. The van der Waals surface area contributed by atoms with Crippen molar-refractivity contribution in [2.24, 2.45) is 29.6 Å². The van der Waals surface area contributed by atoms with E-state index >= 15 is 0 Å². The van der Waals surface area contributed by atoms with Gasteiger partial charge in [-0.1, -0.05) is 18.2 Å². The molecule has 110 heavy (non-hydrogen) atoms. The van der Waals surface area contributed by atoms with Crippen LogP contribution in [-0.2, 0) is 95.0 Å². The summed E-state index contributed by atoms with van der Waals surface area (Å²) in [6.07, 6.45) is -37.5. The molecule has 5 saturated carbocycles. The number of aliphatic hydroxyl groups is 18. The van der Waals surface area contributed by atoms with Crippen LogP contribution in [0.5, 0.6) is 0 Å². The number of carboxylic acid groups (broad SMARTS) is 1. The minimum absolute atomic E-state index is 0.0184. The van der Waals surface area contributed by atoms with E-state index in [0.717, 1.165) is 12.2 Å². The number of hydrogen-bond acceptors (Lipinski definition) is 36. The Labute approximate surface area is 633 Å². The number of methoxy groups -OCH3 is 3. The molecule has 14 unspecified atom stereocenters. The molecule has 5 aliphatic carbocycles. The summed E-state index contributed by atoms with van der Waals surface area (Å²) < 4.78 is 93.0. The minimum Gasteiger partial charge on any atom is -0.481 e. The number of carboxylic acids is 1. The lowest BCUT2D eigenvalue weighted by atomic mass is 9.72. The molecule has 18 N–H and O–H groups in total. The minimum atomic E-state index is -2.16. The third-order valence-electron chi connectivity index (χ3n) is 23.1. The van der Waals surface area contributed by atoms with Gasteiger partial charge in [0.15, 0.2) is 43.5 Å². The molecule has 0 spiro atoms. The van der Waals surface area contributed by atoms with Crippen LogP contribution >= 0.6 is 0 Å². The Bertz CT molecular complexity index is 3020. The molecule has 0 radical (unpaired) electrons. The summed E-state index contributed by atoms with van der Waals surface area (Å²) >= 11 is 0. The van der Waals surface area contributed by atoms with Gasteiger partial charge in [-0.2, -0.15) is 0 Å². The lowest BCUT2D eigenvalue weighted by Crippen LogP contribution is -2.66. The molecule has 5 saturated heterocycles. The van der Waals surface area contributed by atoms with Gasteiger partial charge in [-0.15, -0.1) is 0 Å². The Hall–Kier alpha value is -4.55. The third kappa shape index (κ3) is 22.1.